The van der Waals surface area contributed by atoms with Crippen molar-refractivity contribution in [3.05, 3.63) is 59.5 Å². The minimum absolute atomic E-state index is 0.252. The molecule has 0 unspecified atom stereocenters. The third-order valence-corrected chi connectivity index (χ3v) is 4.03. The van der Waals surface area contributed by atoms with Gasteiger partial charge in [0.15, 0.2) is 0 Å². The summed E-state index contributed by atoms with van der Waals surface area (Å²) in [5, 5.41) is 2.86. The molecule has 0 spiro atoms. The maximum Gasteiger partial charge on any atom is 0.255 e. The Balaban J connectivity index is 1.77. The molecule has 2 aromatic carbocycles. The lowest BCUT2D eigenvalue weighted by atomic mass is 10.1. The van der Waals surface area contributed by atoms with E-state index < -0.39 is 0 Å². The van der Waals surface area contributed by atoms with Gasteiger partial charge in [-0.15, -0.1) is 0 Å². The fourth-order valence-corrected chi connectivity index (χ4v) is 2.43. The van der Waals surface area contributed by atoms with Gasteiger partial charge in [0.05, 0.1) is 19.9 Å². The second kappa shape index (κ2) is 7.31. The number of carbonyl (C=O) groups excluding carboxylic acids is 1. The van der Waals surface area contributed by atoms with Gasteiger partial charge in [0.25, 0.3) is 5.91 Å². The highest BCUT2D eigenvalue weighted by atomic mass is 16.5. The van der Waals surface area contributed by atoms with Crippen LogP contribution >= 0.6 is 0 Å². The number of aryl methyl sites for hydroxylation is 2. The number of oxazole rings is 1. The average molecular weight is 352 g/mol. The molecule has 6 heteroatoms. The SMILES string of the molecule is COc1cc(OC)cc(C(=O)Nc2ccc(-c3nc(C)c(C)o3)cc2)c1. The largest absolute Gasteiger partial charge is 0.497 e. The van der Waals surface area contributed by atoms with E-state index in [1.807, 2.05) is 26.0 Å². The Labute approximate surface area is 151 Å². The van der Waals surface area contributed by atoms with Crippen molar-refractivity contribution in [3.63, 3.8) is 0 Å². The van der Waals surface area contributed by atoms with Crippen molar-refractivity contribution in [1.82, 2.24) is 4.98 Å². The Morgan fingerprint density at radius 1 is 1.00 bits per heavy atom. The Bertz CT molecular complexity index is 888. The molecule has 1 heterocycles. The molecule has 1 N–H and O–H groups in total. The van der Waals surface area contributed by atoms with Gasteiger partial charge < -0.3 is 19.2 Å². The maximum atomic E-state index is 12.5. The maximum absolute atomic E-state index is 12.5. The van der Waals surface area contributed by atoms with Crippen molar-refractivity contribution in [2.75, 3.05) is 19.5 Å². The molecule has 0 radical (unpaired) electrons. The number of methoxy groups -OCH3 is 2. The summed E-state index contributed by atoms with van der Waals surface area (Å²) < 4.78 is 16.0. The molecule has 3 rings (SSSR count). The fourth-order valence-electron chi connectivity index (χ4n) is 2.43. The first-order valence-electron chi connectivity index (χ1n) is 8.09. The van der Waals surface area contributed by atoms with Gasteiger partial charge in [0, 0.05) is 22.9 Å². The zero-order valence-electron chi connectivity index (χ0n) is 15.1. The number of nitrogens with one attached hydrogen (secondary N) is 1. The Morgan fingerprint density at radius 3 is 2.12 bits per heavy atom. The molecule has 0 atom stereocenters. The Morgan fingerprint density at radius 2 is 1.62 bits per heavy atom. The van der Waals surface area contributed by atoms with Crippen molar-refractivity contribution in [2.45, 2.75) is 13.8 Å². The van der Waals surface area contributed by atoms with E-state index in [2.05, 4.69) is 10.3 Å². The molecule has 26 heavy (non-hydrogen) atoms. The van der Waals surface area contributed by atoms with Crippen LogP contribution in [0.5, 0.6) is 11.5 Å². The molecule has 3 aromatic rings. The summed E-state index contributed by atoms with van der Waals surface area (Å²) in [6.07, 6.45) is 0. The highest BCUT2D eigenvalue weighted by molar-refractivity contribution is 6.04. The molecule has 6 nitrogen and oxygen atoms in total. The van der Waals surface area contributed by atoms with E-state index in [-0.39, 0.29) is 5.91 Å². The lowest BCUT2D eigenvalue weighted by Gasteiger charge is -2.09. The number of aromatic nitrogens is 1. The summed E-state index contributed by atoms with van der Waals surface area (Å²) >= 11 is 0. The van der Waals surface area contributed by atoms with Crippen LogP contribution in [0.3, 0.4) is 0 Å². The van der Waals surface area contributed by atoms with Gasteiger partial charge in [-0.2, -0.15) is 0 Å². The van der Waals surface area contributed by atoms with Crippen LogP contribution in [0, 0.1) is 13.8 Å². The van der Waals surface area contributed by atoms with Gasteiger partial charge in [-0.25, -0.2) is 4.98 Å². The molecule has 0 aliphatic carbocycles. The summed E-state index contributed by atoms with van der Waals surface area (Å²) in [4.78, 5) is 16.9. The molecule has 0 aliphatic heterocycles. The van der Waals surface area contributed by atoms with Gasteiger partial charge in [0.2, 0.25) is 5.89 Å². The standard InChI is InChI=1S/C20H20N2O4/c1-12-13(2)26-20(21-12)14-5-7-16(8-6-14)22-19(23)15-9-17(24-3)11-18(10-15)25-4/h5-11H,1-4H3,(H,22,23). The predicted molar refractivity (Wildman–Crippen MR) is 98.9 cm³/mol. The molecule has 0 aliphatic rings. The van der Waals surface area contributed by atoms with Crippen LogP contribution < -0.4 is 14.8 Å². The van der Waals surface area contributed by atoms with Gasteiger partial charge in [-0.05, 0) is 50.2 Å². The number of hydrogen-bond donors (Lipinski definition) is 1. The van der Waals surface area contributed by atoms with Gasteiger partial charge in [-0.3, -0.25) is 4.79 Å². The number of anilines is 1. The molecular formula is C20H20N2O4. The van der Waals surface area contributed by atoms with Gasteiger partial charge >= 0.3 is 0 Å². The Kier molecular flexibility index (Phi) is 4.93. The number of benzene rings is 2. The fraction of sp³-hybridized carbons (Fsp3) is 0.200. The summed E-state index contributed by atoms with van der Waals surface area (Å²) in [5.74, 6) is 2.22. The minimum Gasteiger partial charge on any atom is -0.497 e. The topological polar surface area (TPSA) is 73.6 Å². The molecule has 0 saturated carbocycles. The lowest BCUT2D eigenvalue weighted by molar-refractivity contribution is 0.102. The third-order valence-electron chi connectivity index (χ3n) is 4.03. The molecule has 0 fully saturated rings. The summed E-state index contributed by atoms with van der Waals surface area (Å²) in [6, 6.07) is 12.3. The number of carbonyl (C=O) groups is 1. The number of rotatable bonds is 5. The normalized spacial score (nSPS) is 10.5. The first-order chi connectivity index (χ1) is 12.5. The van der Waals surface area contributed by atoms with Crippen LogP contribution in [-0.4, -0.2) is 25.1 Å². The van der Waals surface area contributed by atoms with Crippen molar-refractivity contribution in [2.24, 2.45) is 0 Å². The van der Waals surface area contributed by atoms with Crippen molar-refractivity contribution in [1.29, 1.82) is 0 Å². The zero-order valence-corrected chi connectivity index (χ0v) is 15.1. The molecule has 134 valence electrons. The van der Waals surface area contributed by atoms with Gasteiger partial charge in [0.1, 0.15) is 17.3 Å². The van der Waals surface area contributed by atoms with Crippen LogP contribution in [0.1, 0.15) is 21.8 Å². The second-order valence-electron chi connectivity index (χ2n) is 5.79. The van der Waals surface area contributed by atoms with Crippen LogP contribution in [0.4, 0.5) is 5.69 Å². The summed E-state index contributed by atoms with van der Waals surface area (Å²) in [6.45, 7) is 3.78. The number of nitrogens with zero attached hydrogens (tertiary/aromatic N) is 1. The van der Waals surface area contributed by atoms with E-state index in [0.29, 0.717) is 28.6 Å². The van der Waals surface area contributed by atoms with E-state index in [1.165, 1.54) is 0 Å². The molecule has 0 bridgehead atoms. The van der Waals surface area contributed by atoms with Gasteiger partial charge in [-0.1, -0.05) is 0 Å². The monoisotopic (exact) mass is 352 g/mol. The van der Waals surface area contributed by atoms with Crippen LogP contribution in [0.15, 0.2) is 46.9 Å². The first kappa shape index (κ1) is 17.5. The molecule has 1 amide bonds. The van der Waals surface area contributed by atoms with Crippen molar-refractivity contribution in [3.8, 4) is 23.0 Å². The molecule has 1 aromatic heterocycles. The second-order valence-corrected chi connectivity index (χ2v) is 5.79. The quantitative estimate of drug-likeness (QED) is 0.744. The lowest BCUT2D eigenvalue weighted by Crippen LogP contribution is -2.12. The van der Waals surface area contributed by atoms with E-state index in [1.54, 1.807) is 44.6 Å². The Hall–Kier alpha value is -3.28. The van der Waals surface area contributed by atoms with E-state index in [9.17, 15) is 4.79 Å². The van der Waals surface area contributed by atoms with Crippen LogP contribution in [-0.2, 0) is 0 Å². The van der Waals surface area contributed by atoms with E-state index >= 15 is 0 Å². The first-order valence-corrected chi connectivity index (χ1v) is 8.09. The zero-order chi connectivity index (χ0) is 18.7. The predicted octanol–water partition coefficient (Wildman–Crippen LogP) is 4.23. The van der Waals surface area contributed by atoms with Crippen LogP contribution in [0.2, 0.25) is 0 Å². The molecule has 0 saturated heterocycles. The van der Waals surface area contributed by atoms with E-state index in [4.69, 9.17) is 13.9 Å². The number of ether oxygens (including phenoxy) is 2. The number of hydrogen-bond acceptors (Lipinski definition) is 5. The highest BCUT2D eigenvalue weighted by Gasteiger charge is 2.12. The summed E-state index contributed by atoms with van der Waals surface area (Å²) in [5.41, 5.74) is 2.83. The third kappa shape index (κ3) is 3.69. The molecular weight excluding hydrogens is 332 g/mol. The highest BCUT2D eigenvalue weighted by Crippen LogP contribution is 2.25. The smallest absolute Gasteiger partial charge is 0.255 e. The van der Waals surface area contributed by atoms with E-state index in [0.717, 1.165) is 17.0 Å². The number of amides is 1. The average Bonchev–Trinajstić information content (AvgIpc) is 3.00. The van der Waals surface area contributed by atoms with Crippen molar-refractivity contribution >= 4 is 11.6 Å². The van der Waals surface area contributed by atoms with Crippen LogP contribution in [0.25, 0.3) is 11.5 Å². The summed E-state index contributed by atoms with van der Waals surface area (Å²) in [7, 11) is 3.09. The van der Waals surface area contributed by atoms with Crippen molar-refractivity contribution < 1.29 is 18.7 Å². The minimum atomic E-state index is -0.252.